The number of hydrogen-bond acceptors (Lipinski definition) is 4. The van der Waals surface area contributed by atoms with Crippen LogP contribution in [0.1, 0.15) is 4.88 Å². The van der Waals surface area contributed by atoms with Gasteiger partial charge in [0.2, 0.25) is 0 Å². The zero-order chi connectivity index (χ0) is 12.5. The summed E-state index contributed by atoms with van der Waals surface area (Å²) in [6.45, 7) is 0.714. The standard InChI is InChI=1S/C11H8BrClN4S/c12-10-8-3-6(1-2-9(8)16-17-10)14-4-7-5-15-11(13)18-7/h1-3,5,14H,4H2,(H,16,17). The van der Waals surface area contributed by atoms with E-state index in [1.54, 1.807) is 6.20 Å². The SMILES string of the molecule is Clc1ncc(CNc2ccc3n[nH]c(Br)c3c2)s1. The van der Waals surface area contributed by atoms with Crippen molar-refractivity contribution in [1.82, 2.24) is 15.2 Å². The highest BCUT2D eigenvalue weighted by Gasteiger charge is 2.04. The first-order valence-electron chi connectivity index (χ1n) is 5.20. The molecule has 92 valence electrons. The van der Waals surface area contributed by atoms with Gasteiger partial charge in [0.1, 0.15) is 4.60 Å². The van der Waals surface area contributed by atoms with Gasteiger partial charge in [-0.2, -0.15) is 5.10 Å². The molecule has 18 heavy (non-hydrogen) atoms. The first-order chi connectivity index (χ1) is 8.72. The van der Waals surface area contributed by atoms with E-state index >= 15 is 0 Å². The third kappa shape index (κ3) is 2.36. The highest BCUT2D eigenvalue weighted by Crippen LogP contribution is 2.25. The Bertz CT molecular complexity index is 693. The fraction of sp³-hybridized carbons (Fsp3) is 0.0909. The van der Waals surface area contributed by atoms with Crippen LogP contribution in [-0.2, 0) is 6.54 Å². The van der Waals surface area contributed by atoms with E-state index in [1.807, 2.05) is 18.2 Å². The summed E-state index contributed by atoms with van der Waals surface area (Å²) < 4.78 is 1.46. The second-order valence-corrected chi connectivity index (χ2v) is 6.19. The van der Waals surface area contributed by atoms with E-state index in [-0.39, 0.29) is 0 Å². The van der Waals surface area contributed by atoms with Gasteiger partial charge in [0.05, 0.1) is 12.1 Å². The van der Waals surface area contributed by atoms with E-state index in [4.69, 9.17) is 11.6 Å². The van der Waals surface area contributed by atoms with Gasteiger partial charge >= 0.3 is 0 Å². The first-order valence-corrected chi connectivity index (χ1v) is 7.19. The van der Waals surface area contributed by atoms with Crippen LogP contribution in [0.25, 0.3) is 10.9 Å². The Labute approximate surface area is 121 Å². The lowest BCUT2D eigenvalue weighted by Gasteiger charge is -2.04. The van der Waals surface area contributed by atoms with Crippen molar-refractivity contribution in [3.8, 4) is 0 Å². The molecule has 0 amide bonds. The summed E-state index contributed by atoms with van der Waals surface area (Å²) in [4.78, 5) is 5.11. The molecule has 4 nitrogen and oxygen atoms in total. The number of benzene rings is 1. The van der Waals surface area contributed by atoms with Crippen LogP contribution in [0, 0.1) is 0 Å². The number of aromatic amines is 1. The van der Waals surface area contributed by atoms with Crippen LogP contribution in [0.2, 0.25) is 4.47 Å². The highest BCUT2D eigenvalue weighted by molar-refractivity contribution is 9.10. The van der Waals surface area contributed by atoms with Crippen LogP contribution in [0.4, 0.5) is 5.69 Å². The Kier molecular flexibility index (Phi) is 3.23. The van der Waals surface area contributed by atoms with E-state index in [0.717, 1.165) is 26.1 Å². The maximum Gasteiger partial charge on any atom is 0.183 e. The van der Waals surface area contributed by atoms with Crippen molar-refractivity contribution in [3.63, 3.8) is 0 Å². The average Bonchev–Trinajstić information content (AvgIpc) is 2.94. The van der Waals surface area contributed by atoms with Gasteiger partial charge in [-0.05, 0) is 34.1 Å². The Morgan fingerprint density at radius 2 is 2.33 bits per heavy atom. The van der Waals surface area contributed by atoms with Crippen LogP contribution >= 0.6 is 38.9 Å². The molecule has 0 spiro atoms. The number of thiazole rings is 1. The van der Waals surface area contributed by atoms with Gasteiger partial charge in [-0.25, -0.2) is 4.98 Å². The van der Waals surface area contributed by atoms with Crippen molar-refractivity contribution in [1.29, 1.82) is 0 Å². The van der Waals surface area contributed by atoms with E-state index in [2.05, 4.69) is 36.4 Å². The minimum Gasteiger partial charge on any atom is -0.380 e. The number of rotatable bonds is 3. The maximum absolute atomic E-state index is 5.79. The topological polar surface area (TPSA) is 53.6 Å². The molecule has 0 bridgehead atoms. The molecule has 0 radical (unpaired) electrons. The van der Waals surface area contributed by atoms with E-state index in [0.29, 0.717) is 11.0 Å². The number of anilines is 1. The minimum atomic E-state index is 0.569. The lowest BCUT2D eigenvalue weighted by molar-refractivity contribution is 1.10. The lowest BCUT2D eigenvalue weighted by Crippen LogP contribution is -1.96. The normalized spacial score (nSPS) is 11.0. The Morgan fingerprint density at radius 3 is 3.11 bits per heavy atom. The third-order valence-corrected chi connectivity index (χ3v) is 4.22. The maximum atomic E-state index is 5.79. The monoisotopic (exact) mass is 342 g/mol. The zero-order valence-electron chi connectivity index (χ0n) is 9.08. The average molecular weight is 344 g/mol. The van der Waals surface area contributed by atoms with Crippen molar-refractivity contribution in [2.45, 2.75) is 6.54 Å². The summed E-state index contributed by atoms with van der Waals surface area (Å²) in [7, 11) is 0. The Morgan fingerprint density at radius 1 is 1.44 bits per heavy atom. The summed E-state index contributed by atoms with van der Waals surface area (Å²) in [5, 5.41) is 11.4. The lowest BCUT2D eigenvalue weighted by atomic mass is 10.2. The fourth-order valence-corrected chi connectivity index (χ4v) is 2.97. The van der Waals surface area contributed by atoms with Crippen LogP contribution < -0.4 is 5.32 Å². The predicted octanol–water partition coefficient (Wildman–Crippen LogP) is 4.05. The number of hydrogen-bond donors (Lipinski definition) is 2. The molecule has 3 rings (SSSR count). The molecule has 2 aromatic heterocycles. The van der Waals surface area contributed by atoms with Crippen molar-refractivity contribution in [2.75, 3.05) is 5.32 Å². The molecule has 3 aromatic rings. The molecule has 0 unspecified atom stereocenters. The van der Waals surface area contributed by atoms with Crippen LogP contribution in [0.5, 0.6) is 0 Å². The molecule has 2 heterocycles. The van der Waals surface area contributed by atoms with E-state index < -0.39 is 0 Å². The molecule has 0 atom stereocenters. The molecule has 0 saturated carbocycles. The number of nitrogens with one attached hydrogen (secondary N) is 2. The van der Waals surface area contributed by atoms with Gasteiger partial charge in [0, 0.05) is 22.1 Å². The fourth-order valence-electron chi connectivity index (χ4n) is 1.64. The third-order valence-electron chi connectivity index (χ3n) is 2.50. The summed E-state index contributed by atoms with van der Waals surface area (Å²) in [5.41, 5.74) is 1.97. The molecular formula is C11H8BrClN4S. The molecule has 0 aliphatic heterocycles. The van der Waals surface area contributed by atoms with Crippen molar-refractivity contribution in [2.24, 2.45) is 0 Å². The largest absolute Gasteiger partial charge is 0.380 e. The van der Waals surface area contributed by atoms with E-state index in [9.17, 15) is 0 Å². The summed E-state index contributed by atoms with van der Waals surface area (Å²) in [6.07, 6.45) is 1.78. The molecule has 0 fully saturated rings. The van der Waals surface area contributed by atoms with Gasteiger partial charge < -0.3 is 5.32 Å². The minimum absolute atomic E-state index is 0.569. The van der Waals surface area contributed by atoms with Crippen molar-refractivity contribution >= 4 is 55.5 Å². The number of fused-ring (bicyclic) bond motifs is 1. The van der Waals surface area contributed by atoms with Crippen LogP contribution in [-0.4, -0.2) is 15.2 Å². The Hall–Kier alpha value is -1.11. The predicted molar refractivity (Wildman–Crippen MR) is 78.2 cm³/mol. The molecular weight excluding hydrogens is 336 g/mol. The van der Waals surface area contributed by atoms with Crippen LogP contribution in [0.3, 0.4) is 0 Å². The van der Waals surface area contributed by atoms with Crippen molar-refractivity contribution in [3.05, 3.63) is 38.3 Å². The Balaban J connectivity index is 1.80. The van der Waals surface area contributed by atoms with Gasteiger partial charge in [-0.3, -0.25) is 5.10 Å². The number of halogens is 2. The summed E-state index contributed by atoms with van der Waals surface area (Å²) in [6, 6.07) is 6.02. The number of H-pyrrole nitrogens is 1. The molecule has 7 heteroatoms. The summed E-state index contributed by atoms with van der Waals surface area (Å²) in [5.74, 6) is 0. The second-order valence-electron chi connectivity index (χ2n) is 3.70. The van der Waals surface area contributed by atoms with Gasteiger partial charge in [0.15, 0.2) is 4.47 Å². The van der Waals surface area contributed by atoms with Crippen LogP contribution in [0.15, 0.2) is 29.0 Å². The first kappa shape index (κ1) is 12.0. The highest BCUT2D eigenvalue weighted by atomic mass is 79.9. The molecule has 0 aliphatic carbocycles. The molecule has 1 aromatic carbocycles. The van der Waals surface area contributed by atoms with Gasteiger partial charge in [-0.15, -0.1) is 11.3 Å². The van der Waals surface area contributed by atoms with Gasteiger partial charge in [0.25, 0.3) is 0 Å². The van der Waals surface area contributed by atoms with Crippen molar-refractivity contribution < 1.29 is 0 Å². The molecule has 2 N–H and O–H groups in total. The summed E-state index contributed by atoms with van der Waals surface area (Å²) >= 11 is 10.7. The van der Waals surface area contributed by atoms with E-state index in [1.165, 1.54) is 11.3 Å². The number of aromatic nitrogens is 3. The molecule has 0 aliphatic rings. The quantitative estimate of drug-likeness (QED) is 0.754. The molecule has 0 saturated heterocycles. The smallest absolute Gasteiger partial charge is 0.183 e. The second kappa shape index (κ2) is 4.87. The number of nitrogens with zero attached hydrogens (tertiary/aromatic N) is 2. The van der Waals surface area contributed by atoms with Gasteiger partial charge in [-0.1, -0.05) is 11.6 Å². The zero-order valence-corrected chi connectivity index (χ0v) is 12.2.